The van der Waals surface area contributed by atoms with E-state index in [1.807, 2.05) is 6.07 Å². The molecule has 0 aliphatic heterocycles. The van der Waals surface area contributed by atoms with Gasteiger partial charge in [-0.1, -0.05) is 107 Å². The maximum atomic E-state index is 6.32. The number of benzene rings is 4. The molecule has 4 rings (SSSR count). The summed E-state index contributed by atoms with van der Waals surface area (Å²) in [5.74, 6) is 3.06. The predicted molar refractivity (Wildman–Crippen MR) is 145 cm³/mol. The summed E-state index contributed by atoms with van der Waals surface area (Å²) in [4.78, 5) is 0. The van der Waals surface area contributed by atoms with Gasteiger partial charge in [-0.15, -0.1) is 0 Å². The lowest BCUT2D eigenvalue weighted by molar-refractivity contribution is 0.482. The third kappa shape index (κ3) is 5.25. The molecule has 4 aromatic carbocycles. The van der Waals surface area contributed by atoms with E-state index in [1.165, 1.54) is 33.4 Å². The van der Waals surface area contributed by atoms with Crippen LogP contribution in [0, 0.1) is 0 Å². The normalized spacial score (nSPS) is 12.2. The van der Waals surface area contributed by atoms with Gasteiger partial charge in [0.05, 0.1) is 0 Å². The maximum absolute atomic E-state index is 6.32. The Balaban J connectivity index is 1.61. The molecule has 4 aromatic rings. The zero-order valence-corrected chi connectivity index (χ0v) is 21.1. The van der Waals surface area contributed by atoms with Crippen molar-refractivity contribution >= 4 is 0 Å². The van der Waals surface area contributed by atoms with E-state index in [0.717, 1.165) is 17.9 Å². The molecule has 0 heterocycles. The molecular weight excluding hydrogens is 412 g/mol. The Hall–Kier alpha value is -3.32. The van der Waals surface area contributed by atoms with E-state index in [-0.39, 0.29) is 0 Å². The molecule has 0 aliphatic rings. The molecule has 174 valence electrons. The van der Waals surface area contributed by atoms with Gasteiger partial charge >= 0.3 is 0 Å². The summed E-state index contributed by atoms with van der Waals surface area (Å²) in [6.07, 6.45) is 1.07. The zero-order chi connectivity index (χ0) is 24.1. The van der Waals surface area contributed by atoms with Crippen molar-refractivity contribution in [1.29, 1.82) is 0 Å². The standard InChI is InChI=1S/C33H36O/c1-6-30(25-12-8-7-9-13-25)26-18-20-28(21-19-26)34-29-15-10-14-27(22-29)33-31(23(2)3)16-11-17-32(33)24(4)5/h7-24,30H,6H2,1-5H3. The molecular formula is C33H36O. The van der Waals surface area contributed by atoms with Crippen LogP contribution in [0.15, 0.2) is 97.1 Å². The van der Waals surface area contributed by atoms with E-state index in [0.29, 0.717) is 17.8 Å². The lowest BCUT2D eigenvalue weighted by atomic mass is 9.85. The van der Waals surface area contributed by atoms with Crippen LogP contribution in [0.4, 0.5) is 0 Å². The first-order valence-corrected chi connectivity index (χ1v) is 12.5. The fourth-order valence-electron chi connectivity index (χ4n) is 4.85. The number of ether oxygens (including phenoxy) is 1. The summed E-state index contributed by atoms with van der Waals surface area (Å²) in [5.41, 5.74) is 8.02. The van der Waals surface area contributed by atoms with Crippen molar-refractivity contribution < 1.29 is 4.74 Å². The van der Waals surface area contributed by atoms with Crippen LogP contribution in [0.25, 0.3) is 11.1 Å². The molecule has 0 saturated heterocycles. The fraction of sp³-hybridized carbons (Fsp3) is 0.273. The van der Waals surface area contributed by atoms with Crippen molar-refractivity contribution in [2.24, 2.45) is 0 Å². The summed E-state index contributed by atoms with van der Waals surface area (Å²) in [6.45, 7) is 11.3. The Morgan fingerprint density at radius 2 is 1.18 bits per heavy atom. The third-order valence-corrected chi connectivity index (χ3v) is 6.62. The molecule has 0 aromatic heterocycles. The van der Waals surface area contributed by atoms with Crippen LogP contribution in [-0.2, 0) is 0 Å². The van der Waals surface area contributed by atoms with Crippen molar-refractivity contribution in [2.75, 3.05) is 0 Å². The van der Waals surface area contributed by atoms with Crippen LogP contribution in [0.5, 0.6) is 11.5 Å². The summed E-state index contributed by atoms with van der Waals surface area (Å²) >= 11 is 0. The minimum absolute atomic E-state index is 0.403. The molecule has 1 nitrogen and oxygen atoms in total. The Morgan fingerprint density at radius 3 is 1.76 bits per heavy atom. The van der Waals surface area contributed by atoms with Gasteiger partial charge in [-0.2, -0.15) is 0 Å². The highest BCUT2D eigenvalue weighted by atomic mass is 16.5. The minimum atomic E-state index is 0.403. The van der Waals surface area contributed by atoms with Crippen LogP contribution in [0.3, 0.4) is 0 Å². The second kappa shape index (κ2) is 10.7. The van der Waals surface area contributed by atoms with Gasteiger partial charge in [0.1, 0.15) is 11.5 Å². The number of hydrogen-bond donors (Lipinski definition) is 0. The van der Waals surface area contributed by atoms with Crippen molar-refractivity contribution in [2.45, 2.75) is 58.8 Å². The van der Waals surface area contributed by atoms with E-state index in [1.54, 1.807) is 0 Å². The van der Waals surface area contributed by atoms with Crippen LogP contribution in [0.2, 0.25) is 0 Å². The molecule has 0 spiro atoms. The van der Waals surface area contributed by atoms with Gasteiger partial charge in [0.15, 0.2) is 0 Å². The first kappa shape index (κ1) is 23.8. The molecule has 1 atom stereocenters. The van der Waals surface area contributed by atoms with E-state index in [9.17, 15) is 0 Å². The summed E-state index contributed by atoms with van der Waals surface area (Å²) in [7, 11) is 0. The highest BCUT2D eigenvalue weighted by Gasteiger charge is 2.16. The smallest absolute Gasteiger partial charge is 0.128 e. The third-order valence-electron chi connectivity index (χ3n) is 6.62. The van der Waals surface area contributed by atoms with Gasteiger partial charge in [0, 0.05) is 5.92 Å². The lowest BCUT2D eigenvalue weighted by Crippen LogP contribution is -2.00. The van der Waals surface area contributed by atoms with Crippen LogP contribution >= 0.6 is 0 Å². The number of hydrogen-bond acceptors (Lipinski definition) is 1. The van der Waals surface area contributed by atoms with Crippen LogP contribution < -0.4 is 4.74 Å². The van der Waals surface area contributed by atoms with Gasteiger partial charge in [-0.3, -0.25) is 0 Å². The summed E-state index contributed by atoms with van der Waals surface area (Å²) in [5, 5.41) is 0. The fourth-order valence-corrected chi connectivity index (χ4v) is 4.85. The van der Waals surface area contributed by atoms with Gasteiger partial charge in [0.25, 0.3) is 0 Å². The zero-order valence-electron chi connectivity index (χ0n) is 21.1. The average Bonchev–Trinajstić information content (AvgIpc) is 2.86. The van der Waals surface area contributed by atoms with E-state index in [4.69, 9.17) is 4.74 Å². The van der Waals surface area contributed by atoms with Gasteiger partial charge in [0.2, 0.25) is 0 Å². The van der Waals surface area contributed by atoms with E-state index in [2.05, 4.69) is 126 Å². The summed E-state index contributed by atoms with van der Waals surface area (Å²) < 4.78 is 6.32. The Labute approximate surface area is 205 Å². The average molecular weight is 449 g/mol. The van der Waals surface area contributed by atoms with Crippen LogP contribution in [0.1, 0.15) is 81.0 Å². The lowest BCUT2D eigenvalue weighted by Gasteiger charge is -2.20. The van der Waals surface area contributed by atoms with E-state index < -0.39 is 0 Å². The molecule has 1 heteroatoms. The molecule has 0 bridgehead atoms. The second-order valence-corrected chi connectivity index (χ2v) is 9.69. The Kier molecular flexibility index (Phi) is 7.53. The summed E-state index contributed by atoms with van der Waals surface area (Å²) in [6, 6.07) is 34.6. The molecule has 0 radical (unpaired) electrons. The minimum Gasteiger partial charge on any atom is -0.457 e. The monoisotopic (exact) mass is 448 g/mol. The van der Waals surface area contributed by atoms with Crippen molar-refractivity contribution in [3.63, 3.8) is 0 Å². The first-order valence-electron chi connectivity index (χ1n) is 12.5. The molecule has 0 amide bonds. The topological polar surface area (TPSA) is 9.23 Å². The highest BCUT2D eigenvalue weighted by molar-refractivity contribution is 5.73. The largest absolute Gasteiger partial charge is 0.457 e. The molecule has 0 saturated carbocycles. The molecule has 0 N–H and O–H groups in total. The predicted octanol–water partition coefficient (Wildman–Crippen LogP) is 9.93. The molecule has 0 aliphatic carbocycles. The van der Waals surface area contributed by atoms with Crippen LogP contribution in [-0.4, -0.2) is 0 Å². The maximum Gasteiger partial charge on any atom is 0.128 e. The van der Waals surface area contributed by atoms with Gasteiger partial charge < -0.3 is 4.74 Å². The molecule has 1 unspecified atom stereocenters. The van der Waals surface area contributed by atoms with Gasteiger partial charge in [-0.05, 0) is 75.9 Å². The van der Waals surface area contributed by atoms with E-state index >= 15 is 0 Å². The second-order valence-electron chi connectivity index (χ2n) is 9.69. The highest BCUT2D eigenvalue weighted by Crippen LogP contribution is 2.38. The molecule has 0 fully saturated rings. The number of rotatable bonds is 8. The van der Waals surface area contributed by atoms with Crippen molar-refractivity contribution in [1.82, 2.24) is 0 Å². The van der Waals surface area contributed by atoms with Crippen molar-refractivity contribution in [3.05, 3.63) is 119 Å². The van der Waals surface area contributed by atoms with Crippen molar-refractivity contribution in [3.8, 4) is 22.6 Å². The molecule has 34 heavy (non-hydrogen) atoms. The quantitative estimate of drug-likeness (QED) is 0.260. The SMILES string of the molecule is CCC(c1ccccc1)c1ccc(Oc2cccc(-c3c(C(C)C)cccc3C(C)C)c2)cc1. The Bertz CT molecular complexity index is 1180. The first-order chi connectivity index (χ1) is 16.5. The van der Waals surface area contributed by atoms with Gasteiger partial charge in [-0.25, -0.2) is 0 Å². The Morgan fingerprint density at radius 1 is 0.588 bits per heavy atom.